The van der Waals surface area contributed by atoms with E-state index < -0.39 is 8.32 Å². The molecule has 8 nitrogen and oxygen atoms in total. The predicted molar refractivity (Wildman–Crippen MR) is 177 cm³/mol. The molecule has 0 radical (unpaired) electrons. The summed E-state index contributed by atoms with van der Waals surface area (Å²) in [6.07, 6.45) is 4.16. The summed E-state index contributed by atoms with van der Waals surface area (Å²) in [7, 11) is -0.888. The minimum absolute atomic E-state index is 0.00366. The van der Waals surface area contributed by atoms with Crippen LogP contribution in [0, 0.1) is 6.92 Å². The Balaban J connectivity index is 1.19. The van der Waals surface area contributed by atoms with Crippen LogP contribution in [-0.4, -0.2) is 40.1 Å². The van der Waals surface area contributed by atoms with E-state index in [-0.39, 0.29) is 22.9 Å². The van der Waals surface area contributed by atoms with Gasteiger partial charge in [-0.2, -0.15) is 4.98 Å². The lowest BCUT2D eigenvalue weighted by Gasteiger charge is -2.48. The number of hydrogen-bond acceptors (Lipinski definition) is 6. The van der Waals surface area contributed by atoms with E-state index in [4.69, 9.17) is 14.1 Å². The zero-order valence-electron chi connectivity index (χ0n) is 26.0. The lowest BCUT2D eigenvalue weighted by molar-refractivity contribution is 0.0615. The number of ether oxygens (including phenoxy) is 1. The average molecular weight is 606 g/mol. The van der Waals surface area contributed by atoms with Crippen LogP contribution in [0.5, 0.6) is 5.75 Å². The maximum absolute atomic E-state index is 13.6. The van der Waals surface area contributed by atoms with Gasteiger partial charge < -0.3 is 14.5 Å². The van der Waals surface area contributed by atoms with Crippen molar-refractivity contribution in [2.24, 2.45) is 7.05 Å². The second-order valence-corrected chi connectivity index (χ2v) is 17.4. The minimum Gasteiger partial charge on any atom is -0.493 e. The molecule has 1 saturated carbocycles. The SMILES string of the molecule is Cc1cc2c(cc1Nc1ncc3c(n1)n(C1CC(O[Si](c4ccccc4)(c4ccccc4)C(C)(C)C)C1)c(=O)n3C)CCO2. The molecule has 1 aliphatic heterocycles. The van der Waals surface area contributed by atoms with Gasteiger partial charge in [-0.05, 0) is 58.4 Å². The third kappa shape index (κ3) is 4.66. The standard InChI is InChI=1S/C35H39N5O3Si/c1-23-18-31-24(16-17-42-31)19-29(23)37-33-36-22-30-32(38-33)40(34(41)39(30)5)25-20-26(21-25)43-44(35(2,3)4,27-12-8-6-9-13-27)28-14-10-7-11-15-28/h6-15,18-19,22,25-26H,16-17,20-21H2,1-5H3,(H,36,37,38). The molecule has 226 valence electrons. The molecule has 5 aromatic rings. The number of aryl methyl sites for hydroxylation is 2. The van der Waals surface area contributed by atoms with Crippen LogP contribution in [0.25, 0.3) is 11.2 Å². The van der Waals surface area contributed by atoms with Gasteiger partial charge in [-0.1, -0.05) is 81.4 Å². The van der Waals surface area contributed by atoms with Crippen LogP contribution >= 0.6 is 0 Å². The third-order valence-corrected chi connectivity index (χ3v) is 14.4. The zero-order valence-corrected chi connectivity index (χ0v) is 27.0. The summed E-state index contributed by atoms with van der Waals surface area (Å²) in [5, 5.41) is 5.82. The topological polar surface area (TPSA) is 83.2 Å². The van der Waals surface area contributed by atoms with Gasteiger partial charge in [0, 0.05) is 31.3 Å². The van der Waals surface area contributed by atoms with Crippen LogP contribution in [0.15, 0.2) is 83.8 Å². The Hall–Kier alpha value is -4.21. The van der Waals surface area contributed by atoms with Gasteiger partial charge in [-0.25, -0.2) is 9.78 Å². The van der Waals surface area contributed by atoms with Gasteiger partial charge in [0.1, 0.15) is 11.3 Å². The Morgan fingerprint density at radius 2 is 1.66 bits per heavy atom. The fourth-order valence-corrected chi connectivity index (χ4v) is 11.6. The highest BCUT2D eigenvalue weighted by atomic mass is 28.4. The Labute approximate surface area is 258 Å². The Kier molecular flexibility index (Phi) is 6.97. The van der Waals surface area contributed by atoms with E-state index in [9.17, 15) is 4.79 Å². The molecule has 0 bridgehead atoms. The highest BCUT2D eigenvalue weighted by molar-refractivity contribution is 6.99. The van der Waals surface area contributed by atoms with Crippen molar-refractivity contribution in [2.75, 3.05) is 11.9 Å². The number of aromatic nitrogens is 4. The lowest BCUT2D eigenvalue weighted by Crippen LogP contribution is -2.68. The molecule has 1 aliphatic carbocycles. The van der Waals surface area contributed by atoms with Crippen LogP contribution in [0.2, 0.25) is 5.04 Å². The number of hydrogen-bond donors (Lipinski definition) is 1. The first kappa shape index (κ1) is 28.6. The smallest absolute Gasteiger partial charge is 0.330 e. The van der Waals surface area contributed by atoms with E-state index in [2.05, 4.69) is 104 Å². The molecule has 0 unspecified atom stereocenters. The first-order valence-electron chi connectivity index (χ1n) is 15.4. The van der Waals surface area contributed by atoms with E-state index in [1.807, 2.05) is 11.5 Å². The second kappa shape index (κ2) is 10.7. The molecule has 3 heterocycles. The first-order chi connectivity index (χ1) is 21.2. The van der Waals surface area contributed by atoms with E-state index in [1.54, 1.807) is 17.8 Å². The molecule has 2 aromatic heterocycles. The number of imidazole rings is 1. The maximum Gasteiger partial charge on any atom is 0.330 e. The van der Waals surface area contributed by atoms with Crippen LogP contribution in [-0.2, 0) is 17.9 Å². The number of fused-ring (bicyclic) bond motifs is 2. The fraction of sp³-hybridized carbons (Fsp3) is 0.343. The molecular weight excluding hydrogens is 567 g/mol. The number of benzene rings is 3. The van der Waals surface area contributed by atoms with Crippen LogP contribution < -0.4 is 26.1 Å². The molecule has 2 aliphatic rings. The molecule has 1 N–H and O–H groups in total. The van der Waals surface area contributed by atoms with Gasteiger partial charge in [-0.3, -0.25) is 9.13 Å². The van der Waals surface area contributed by atoms with Crippen molar-refractivity contribution in [1.29, 1.82) is 0 Å². The van der Waals surface area contributed by atoms with Crippen molar-refractivity contribution in [3.05, 3.63) is 101 Å². The third-order valence-electron chi connectivity index (χ3n) is 9.31. The summed E-state index contributed by atoms with van der Waals surface area (Å²) in [5.74, 6) is 1.42. The van der Waals surface area contributed by atoms with Crippen molar-refractivity contribution >= 4 is 41.5 Å². The normalized spacial score (nSPS) is 18.1. The summed E-state index contributed by atoms with van der Waals surface area (Å²) >= 11 is 0. The number of nitrogens with one attached hydrogen (secondary N) is 1. The van der Waals surface area contributed by atoms with E-state index in [0.29, 0.717) is 18.2 Å². The monoisotopic (exact) mass is 605 g/mol. The molecule has 7 rings (SSSR count). The largest absolute Gasteiger partial charge is 0.493 e. The molecule has 9 heteroatoms. The van der Waals surface area contributed by atoms with Crippen LogP contribution in [0.4, 0.5) is 11.6 Å². The highest BCUT2D eigenvalue weighted by Crippen LogP contribution is 2.43. The number of anilines is 2. The van der Waals surface area contributed by atoms with Gasteiger partial charge in [0.15, 0.2) is 5.65 Å². The first-order valence-corrected chi connectivity index (χ1v) is 17.3. The molecule has 44 heavy (non-hydrogen) atoms. The summed E-state index contributed by atoms with van der Waals surface area (Å²) in [6.45, 7) is 9.64. The second-order valence-electron chi connectivity index (χ2n) is 13.1. The molecule has 0 atom stereocenters. The van der Waals surface area contributed by atoms with E-state index >= 15 is 0 Å². The summed E-state index contributed by atoms with van der Waals surface area (Å²) in [6, 6.07) is 25.6. The van der Waals surface area contributed by atoms with E-state index in [0.717, 1.165) is 41.8 Å². The van der Waals surface area contributed by atoms with Crippen LogP contribution in [0.1, 0.15) is 50.8 Å². The molecule has 0 amide bonds. The quantitative estimate of drug-likeness (QED) is 0.250. The molecule has 0 saturated heterocycles. The predicted octanol–water partition coefficient (Wildman–Crippen LogP) is 5.40. The van der Waals surface area contributed by atoms with Crippen LogP contribution in [0.3, 0.4) is 0 Å². The molecule has 3 aromatic carbocycles. The van der Waals surface area contributed by atoms with Crippen molar-refractivity contribution in [3.8, 4) is 5.75 Å². The Bertz CT molecular complexity index is 1850. The van der Waals surface area contributed by atoms with Gasteiger partial charge in [0.25, 0.3) is 8.32 Å². The lowest BCUT2D eigenvalue weighted by atomic mass is 9.89. The highest BCUT2D eigenvalue weighted by Gasteiger charge is 2.53. The molecular formula is C35H39N5O3Si. The molecule has 0 spiro atoms. The Morgan fingerprint density at radius 3 is 2.30 bits per heavy atom. The zero-order chi connectivity index (χ0) is 30.6. The Morgan fingerprint density at radius 1 is 1.00 bits per heavy atom. The van der Waals surface area contributed by atoms with Crippen molar-refractivity contribution in [3.63, 3.8) is 0 Å². The van der Waals surface area contributed by atoms with Gasteiger partial charge >= 0.3 is 5.69 Å². The van der Waals surface area contributed by atoms with Crippen molar-refractivity contribution in [1.82, 2.24) is 19.1 Å². The van der Waals surface area contributed by atoms with Gasteiger partial charge in [0.2, 0.25) is 5.95 Å². The number of rotatable bonds is 7. The molecule has 1 fully saturated rings. The average Bonchev–Trinajstić information content (AvgIpc) is 3.54. The van der Waals surface area contributed by atoms with E-state index in [1.165, 1.54) is 15.9 Å². The minimum atomic E-state index is -2.68. The van der Waals surface area contributed by atoms with Gasteiger partial charge in [0.05, 0.1) is 12.8 Å². The summed E-state index contributed by atoms with van der Waals surface area (Å²) < 4.78 is 16.5. The maximum atomic E-state index is 13.6. The van der Waals surface area contributed by atoms with Gasteiger partial charge in [-0.15, -0.1) is 0 Å². The van der Waals surface area contributed by atoms with Crippen molar-refractivity contribution < 1.29 is 9.16 Å². The summed E-state index contributed by atoms with van der Waals surface area (Å²) in [4.78, 5) is 23.0. The fourth-order valence-electron chi connectivity index (χ4n) is 6.89. The number of nitrogens with zero attached hydrogens (tertiary/aromatic N) is 4. The summed E-state index contributed by atoms with van der Waals surface area (Å²) in [5.41, 5.74) is 4.47. The van der Waals surface area contributed by atoms with Crippen molar-refractivity contribution in [2.45, 2.75) is 64.1 Å².